The third-order valence-electron chi connectivity index (χ3n) is 2.48. The summed E-state index contributed by atoms with van der Waals surface area (Å²) in [6.45, 7) is 5.99. The van der Waals surface area contributed by atoms with Crippen molar-refractivity contribution in [1.29, 1.82) is 0 Å². The van der Waals surface area contributed by atoms with Crippen LogP contribution in [0.3, 0.4) is 0 Å². The van der Waals surface area contributed by atoms with Gasteiger partial charge in [-0.3, -0.25) is 9.48 Å². The number of hydrogen-bond acceptors (Lipinski definition) is 2. The standard InChI is InChI=1S/C11H18N2O2/c1-4-9-7-10(5-2)13(12-9)8(3)6-11(14)15/h7-8H,4-6H2,1-3H3,(H,14,15). The molecule has 1 unspecified atom stereocenters. The van der Waals surface area contributed by atoms with E-state index in [9.17, 15) is 4.79 Å². The Morgan fingerprint density at radius 2 is 2.20 bits per heavy atom. The minimum atomic E-state index is -0.780. The summed E-state index contributed by atoms with van der Waals surface area (Å²) in [5.41, 5.74) is 2.14. The molecule has 0 radical (unpaired) electrons. The summed E-state index contributed by atoms with van der Waals surface area (Å²) in [6.07, 6.45) is 1.90. The van der Waals surface area contributed by atoms with Crippen LogP contribution in [0, 0.1) is 0 Å². The smallest absolute Gasteiger partial charge is 0.305 e. The molecule has 1 aromatic rings. The number of aromatic nitrogens is 2. The topological polar surface area (TPSA) is 55.1 Å². The van der Waals surface area contributed by atoms with Gasteiger partial charge in [0.25, 0.3) is 0 Å². The molecule has 0 saturated carbocycles. The van der Waals surface area contributed by atoms with Gasteiger partial charge in [0, 0.05) is 5.69 Å². The van der Waals surface area contributed by atoms with Gasteiger partial charge in [0.1, 0.15) is 0 Å². The molecule has 0 amide bonds. The van der Waals surface area contributed by atoms with Crippen LogP contribution in [0.2, 0.25) is 0 Å². The Morgan fingerprint density at radius 3 is 2.67 bits per heavy atom. The largest absolute Gasteiger partial charge is 0.481 e. The summed E-state index contributed by atoms with van der Waals surface area (Å²) in [6, 6.07) is 1.98. The lowest BCUT2D eigenvalue weighted by Crippen LogP contribution is -2.14. The van der Waals surface area contributed by atoms with Gasteiger partial charge in [-0.1, -0.05) is 13.8 Å². The summed E-state index contributed by atoms with van der Waals surface area (Å²) < 4.78 is 1.84. The molecule has 0 bridgehead atoms. The van der Waals surface area contributed by atoms with E-state index in [0.29, 0.717) is 0 Å². The van der Waals surface area contributed by atoms with Crippen LogP contribution in [0.15, 0.2) is 6.07 Å². The molecule has 1 atom stereocenters. The lowest BCUT2D eigenvalue weighted by molar-refractivity contribution is -0.137. The first-order chi connectivity index (χ1) is 7.08. The first-order valence-corrected chi connectivity index (χ1v) is 5.37. The van der Waals surface area contributed by atoms with Crippen LogP contribution < -0.4 is 0 Å². The Labute approximate surface area is 89.9 Å². The molecule has 0 aliphatic rings. The SMILES string of the molecule is CCc1cc(CC)n(C(C)CC(=O)O)n1. The van der Waals surface area contributed by atoms with Crippen LogP contribution in [-0.4, -0.2) is 20.9 Å². The minimum absolute atomic E-state index is 0.0715. The monoisotopic (exact) mass is 210 g/mol. The molecule has 0 saturated heterocycles. The molecule has 1 rings (SSSR count). The van der Waals surface area contributed by atoms with Gasteiger partial charge in [0.2, 0.25) is 0 Å². The lowest BCUT2D eigenvalue weighted by Gasteiger charge is -2.12. The zero-order chi connectivity index (χ0) is 11.4. The van der Waals surface area contributed by atoms with E-state index in [1.165, 1.54) is 0 Å². The Balaban J connectivity index is 2.90. The number of rotatable bonds is 5. The van der Waals surface area contributed by atoms with Crippen LogP contribution in [-0.2, 0) is 17.6 Å². The molecular weight excluding hydrogens is 192 g/mol. The molecule has 0 aliphatic carbocycles. The highest BCUT2D eigenvalue weighted by atomic mass is 16.4. The number of aryl methyl sites for hydroxylation is 2. The van der Waals surface area contributed by atoms with E-state index >= 15 is 0 Å². The molecule has 4 nitrogen and oxygen atoms in total. The normalized spacial score (nSPS) is 12.7. The Hall–Kier alpha value is -1.32. The molecule has 4 heteroatoms. The maximum atomic E-state index is 10.6. The average Bonchev–Trinajstić information content (AvgIpc) is 2.59. The predicted molar refractivity (Wildman–Crippen MR) is 57.9 cm³/mol. The second kappa shape index (κ2) is 4.96. The van der Waals surface area contributed by atoms with Crippen molar-refractivity contribution >= 4 is 5.97 Å². The minimum Gasteiger partial charge on any atom is -0.481 e. The van der Waals surface area contributed by atoms with Gasteiger partial charge in [-0.25, -0.2) is 0 Å². The van der Waals surface area contributed by atoms with Crippen molar-refractivity contribution in [3.05, 3.63) is 17.5 Å². The number of carboxylic acid groups (broad SMARTS) is 1. The third kappa shape index (κ3) is 2.81. The first kappa shape index (κ1) is 11.8. The molecule has 1 N–H and O–H groups in total. The van der Waals surface area contributed by atoms with Gasteiger partial charge in [0.05, 0.1) is 18.2 Å². The second-order valence-corrected chi connectivity index (χ2v) is 3.73. The molecule has 0 aliphatic heterocycles. The van der Waals surface area contributed by atoms with Crippen LogP contribution in [0.1, 0.15) is 44.6 Å². The van der Waals surface area contributed by atoms with E-state index in [1.54, 1.807) is 0 Å². The van der Waals surface area contributed by atoms with Crippen molar-refractivity contribution in [2.45, 2.75) is 46.1 Å². The maximum Gasteiger partial charge on any atom is 0.305 e. The summed E-state index contributed by atoms with van der Waals surface area (Å²) in [5.74, 6) is -0.780. The average molecular weight is 210 g/mol. The van der Waals surface area contributed by atoms with Crippen LogP contribution in [0.25, 0.3) is 0 Å². The van der Waals surface area contributed by atoms with Gasteiger partial charge in [-0.15, -0.1) is 0 Å². The quantitative estimate of drug-likeness (QED) is 0.809. The van der Waals surface area contributed by atoms with Gasteiger partial charge in [0.15, 0.2) is 0 Å². The Morgan fingerprint density at radius 1 is 1.53 bits per heavy atom. The lowest BCUT2D eigenvalue weighted by atomic mass is 10.2. The van der Waals surface area contributed by atoms with Gasteiger partial charge < -0.3 is 5.11 Å². The van der Waals surface area contributed by atoms with E-state index in [2.05, 4.69) is 18.1 Å². The molecule has 84 valence electrons. The van der Waals surface area contributed by atoms with Crippen molar-refractivity contribution in [1.82, 2.24) is 9.78 Å². The van der Waals surface area contributed by atoms with Crippen LogP contribution in [0.4, 0.5) is 0 Å². The third-order valence-corrected chi connectivity index (χ3v) is 2.48. The zero-order valence-electron chi connectivity index (χ0n) is 9.53. The highest BCUT2D eigenvalue weighted by Crippen LogP contribution is 2.15. The van der Waals surface area contributed by atoms with Gasteiger partial charge in [-0.2, -0.15) is 5.10 Å². The van der Waals surface area contributed by atoms with Crippen LogP contribution >= 0.6 is 0 Å². The number of carbonyl (C=O) groups is 1. The van der Waals surface area contributed by atoms with E-state index in [0.717, 1.165) is 24.2 Å². The van der Waals surface area contributed by atoms with Crippen molar-refractivity contribution in [2.24, 2.45) is 0 Å². The summed E-state index contributed by atoms with van der Waals surface area (Å²) in [7, 11) is 0. The van der Waals surface area contributed by atoms with Crippen molar-refractivity contribution in [2.75, 3.05) is 0 Å². The molecule has 0 fully saturated rings. The number of nitrogens with zero attached hydrogens (tertiary/aromatic N) is 2. The second-order valence-electron chi connectivity index (χ2n) is 3.73. The molecule has 0 aromatic carbocycles. The number of carboxylic acids is 1. The summed E-state index contributed by atoms with van der Waals surface area (Å²) >= 11 is 0. The van der Waals surface area contributed by atoms with E-state index < -0.39 is 5.97 Å². The maximum absolute atomic E-state index is 10.6. The molecule has 1 aromatic heterocycles. The summed E-state index contributed by atoms with van der Waals surface area (Å²) in [5, 5.41) is 13.1. The summed E-state index contributed by atoms with van der Waals surface area (Å²) in [4.78, 5) is 10.6. The number of hydrogen-bond donors (Lipinski definition) is 1. The fourth-order valence-electron chi connectivity index (χ4n) is 1.65. The highest BCUT2D eigenvalue weighted by Gasteiger charge is 2.14. The van der Waals surface area contributed by atoms with Gasteiger partial charge >= 0.3 is 5.97 Å². The Bertz CT molecular complexity index is 344. The van der Waals surface area contributed by atoms with Crippen molar-refractivity contribution in [3.8, 4) is 0 Å². The van der Waals surface area contributed by atoms with E-state index in [4.69, 9.17) is 5.11 Å². The number of aliphatic carboxylic acids is 1. The van der Waals surface area contributed by atoms with E-state index in [-0.39, 0.29) is 12.5 Å². The fraction of sp³-hybridized carbons (Fsp3) is 0.636. The highest BCUT2D eigenvalue weighted by molar-refractivity contribution is 5.67. The molecular formula is C11H18N2O2. The first-order valence-electron chi connectivity index (χ1n) is 5.37. The van der Waals surface area contributed by atoms with Gasteiger partial charge in [-0.05, 0) is 25.8 Å². The molecule has 1 heterocycles. The predicted octanol–water partition coefficient (Wildman–Crippen LogP) is 2.04. The zero-order valence-corrected chi connectivity index (χ0v) is 9.53. The Kier molecular flexibility index (Phi) is 3.88. The van der Waals surface area contributed by atoms with Crippen molar-refractivity contribution < 1.29 is 9.90 Å². The van der Waals surface area contributed by atoms with Crippen molar-refractivity contribution in [3.63, 3.8) is 0 Å². The van der Waals surface area contributed by atoms with E-state index in [1.807, 2.05) is 18.5 Å². The molecule has 0 spiro atoms. The fourth-order valence-corrected chi connectivity index (χ4v) is 1.65. The molecule has 15 heavy (non-hydrogen) atoms. The van der Waals surface area contributed by atoms with Crippen LogP contribution in [0.5, 0.6) is 0 Å².